The second-order valence-electron chi connectivity index (χ2n) is 24.1. The molecule has 0 rings (SSSR count). The van der Waals surface area contributed by atoms with Gasteiger partial charge in [0.1, 0.15) is 13.2 Å². The molecule has 8 nitrogen and oxygen atoms in total. The Kier molecular flexibility index (Phi) is 60.0. The molecule has 9 heteroatoms. The van der Waals surface area contributed by atoms with Crippen LogP contribution in [-0.4, -0.2) is 68.5 Å². The van der Waals surface area contributed by atoms with Crippen LogP contribution in [0.25, 0.3) is 0 Å². The molecule has 0 saturated carbocycles. The Morgan fingerprint density at radius 3 is 1.15 bits per heavy atom. The number of nitrogens with zero attached hydrogens (tertiary/aromatic N) is 1. The highest BCUT2D eigenvalue weighted by Gasteiger charge is 2.23. The van der Waals surface area contributed by atoms with Crippen molar-refractivity contribution < 1.29 is 32.9 Å². The SMILES string of the molecule is CC/C=C\C/C=C\C/C=C\C/C=C\C/C=C\C/C=C\CCCCCCCCCCCCC(=O)NC(COP(=O)([O-])OCC[N+](C)(C)C)C(O)/C=C/CC/C=C/CCCCCCCCCCCCCCCCCCCCCCCCCC. The lowest BCUT2D eigenvalue weighted by atomic mass is 10.0. The van der Waals surface area contributed by atoms with Gasteiger partial charge in [0.05, 0.1) is 39.9 Å². The molecule has 0 aliphatic rings. The van der Waals surface area contributed by atoms with E-state index in [2.05, 4.69) is 104 Å². The van der Waals surface area contributed by atoms with Crippen LogP contribution in [0.5, 0.6) is 0 Å². The van der Waals surface area contributed by atoms with Crippen molar-refractivity contribution in [2.45, 2.75) is 315 Å². The first-order valence-electron chi connectivity index (χ1n) is 34.1. The number of rotatable bonds is 62. The standard InChI is InChI=1S/C72H131N2O6P/c1-6-8-10-12-14-16-18-20-22-24-26-28-30-32-34-36-38-39-41-43-45-47-49-51-53-55-57-59-61-63-65-71(75)70(69-80-81(77,78)79-68-67-74(3,4)5)73-72(76)66-64-62-60-58-56-54-52-50-48-46-44-42-40-37-35-33-31-29-27-25-23-21-19-17-15-13-11-9-7-2/h9,11,15,17,21,23,27,29,33,35,40,42,55,57,63,65,70-71,75H,6-8,10,12-14,16,18-20,22,24-26,28,30-32,34,36-39,41,43-54,56,58-62,64,66-69H2,1-5H3,(H-,73,76,77,78)/b11-9-,17-15-,23-21-,29-27-,35-33-,42-40-,57-55+,65-63+. The maximum Gasteiger partial charge on any atom is 0.268 e. The summed E-state index contributed by atoms with van der Waals surface area (Å²) in [6, 6.07) is -0.914. The van der Waals surface area contributed by atoms with Crippen molar-refractivity contribution in [3.8, 4) is 0 Å². The first-order valence-corrected chi connectivity index (χ1v) is 35.6. The average molecular weight is 1150 g/mol. The summed E-state index contributed by atoms with van der Waals surface area (Å²) >= 11 is 0. The molecule has 2 N–H and O–H groups in total. The third-order valence-corrected chi connectivity index (χ3v) is 16.0. The van der Waals surface area contributed by atoms with E-state index in [1.165, 1.54) is 199 Å². The number of aliphatic hydroxyl groups is 1. The molecular weight excluding hydrogens is 1020 g/mol. The third kappa shape index (κ3) is 64.8. The number of phosphoric ester groups is 1. The minimum absolute atomic E-state index is 0.0112. The molecule has 470 valence electrons. The highest BCUT2D eigenvalue weighted by Crippen LogP contribution is 2.38. The van der Waals surface area contributed by atoms with Crippen LogP contribution in [0.4, 0.5) is 0 Å². The fraction of sp³-hybridized carbons (Fsp3) is 0.764. The van der Waals surface area contributed by atoms with Crippen LogP contribution in [-0.2, 0) is 18.4 Å². The topological polar surface area (TPSA) is 108 Å². The molecule has 3 unspecified atom stereocenters. The average Bonchev–Trinajstić information content (AvgIpc) is 3.43. The predicted octanol–water partition coefficient (Wildman–Crippen LogP) is 21.1. The minimum Gasteiger partial charge on any atom is -0.756 e. The molecule has 0 bridgehead atoms. The molecule has 3 atom stereocenters. The molecule has 0 radical (unpaired) electrons. The second-order valence-corrected chi connectivity index (χ2v) is 25.6. The van der Waals surface area contributed by atoms with E-state index in [1.54, 1.807) is 6.08 Å². The predicted molar refractivity (Wildman–Crippen MR) is 353 cm³/mol. The lowest BCUT2D eigenvalue weighted by molar-refractivity contribution is -0.870. The fourth-order valence-corrected chi connectivity index (χ4v) is 10.5. The van der Waals surface area contributed by atoms with Crippen molar-refractivity contribution in [2.24, 2.45) is 0 Å². The summed E-state index contributed by atoms with van der Waals surface area (Å²) < 4.78 is 23.4. The lowest BCUT2D eigenvalue weighted by Gasteiger charge is -2.29. The van der Waals surface area contributed by atoms with Crippen LogP contribution in [0.2, 0.25) is 0 Å². The van der Waals surface area contributed by atoms with Gasteiger partial charge in [-0.05, 0) is 83.5 Å². The highest BCUT2D eigenvalue weighted by atomic mass is 31.2. The van der Waals surface area contributed by atoms with Gasteiger partial charge in [0.2, 0.25) is 5.91 Å². The third-order valence-electron chi connectivity index (χ3n) is 15.0. The number of carbonyl (C=O) groups is 1. The molecule has 0 aliphatic heterocycles. The molecule has 0 saturated heterocycles. The zero-order valence-corrected chi connectivity index (χ0v) is 54.6. The summed E-state index contributed by atoms with van der Waals surface area (Å²) in [7, 11) is 1.24. The zero-order valence-electron chi connectivity index (χ0n) is 53.7. The van der Waals surface area contributed by atoms with Crippen molar-refractivity contribution in [1.29, 1.82) is 0 Å². The lowest BCUT2D eigenvalue weighted by Crippen LogP contribution is -2.45. The number of likely N-dealkylation sites (N-methyl/N-ethyl adjacent to an activating group) is 1. The summed E-state index contributed by atoms with van der Waals surface area (Å²) in [5, 5.41) is 13.9. The van der Waals surface area contributed by atoms with E-state index in [9.17, 15) is 19.4 Å². The number of amides is 1. The number of phosphoric acid groups is 1. The molecule has 0 heterocycles. The molecule has 0 spiro atoms. The molecule has 1 amide bonds. The van der Waals surface area contributed by atoms with Gasteiger partial charge in [-0.1, -0.05) is 310 Å². The number of aliphatic hydroxyl groups excluding tert-OH is 1. The van der Waals surface area contributed by atoms with E-state index in [0.29, 0.717) is 17.4 Å². The Morgan fingerprint density at radius 1 is 0.444 bits per heavy atom. The van der Waals surface area contributed by atoms with Gasteiger partial charge in [0.25, 0.3) is 7.82 Å². The Morgan fingerprint density at radius 2 is 0.765 bits per heavy atom. The highest BCUT2D eigenvalue weighted by molar-refractivity contribution is 7.45. The number of hydrogen-bond donors (Lipinski definition) is 2. The van der Waals surface area contributed by atoms with Crippen LogP contribution >= 0.6 is 7.82 Å². The molecule has 0 aromatic carbocycles. The summed E-state index contributed by atoms with van der Waals surface area (Å²) in [6.45, 7) is 4.54. The van der Waals surface area contributed by atoms with Crippen molar-refractivity contribution in [1.82, 2.24) is 5.32 Å². The van der Waals surface area contributed by atoms with E-state index >= 15 is 0 Å². The van der Waals surface area contributed by atoms with Crippen LogP contribution in [0.3, 0.4) is 0 Å². The van der Waals surface area contributed by atoms with Gasteiger partial charge in [-0.15, -0.1) is 0 Å². The molecule has 0 aromatic rings. The van der Waals surface area contributed by atoms with Crippen LogP contribution < -0.4 is 10.2 Å². The molecule has 0 aromatic heterocycles. The van der Waals surface area contributed by atoms with Gasteiger partial charge in [-0.2, -0.15) is 0 Å². The summed E-state index contributed by atoms with van der Waals surface area (Å²) in [4.78, 5) is 25.6. The first-order chi connectivity index (χ1) is 39.5. The summed E-state index contributed by atoms with van der Waals surface area (Å²) in [5.74, 6) is -0.213. The van der Waals surface area contributed by atoms with E-state index < -0.39 is 26.6 Å². The van der Waals surface area contributed by atoms with E-state index in [4.69, 9.17) is 9.05 Å². The van der Waals surface area contributed by atoms with E-state index in [0.717, 1.165) is 83.5 Å². The van der Waals surface area contributed by atoms with Crippen molar-refractivity contribution >= 4 is 13.7 Å². The van der Waals surface area contributed by atoms with Gasteiger partial charge in [-0.25, -0.2) is 0 Å². The van der Waals surface area contributed by atoms with Crippen molar-refractivity contribution in [2.75, 3.05) is 40.9 Å². The van der Waals surface area contributed by atoms with Gasteiger partial charge < -0.3 is 28.8 Å². The van der Waals surface area contributed by atoms with Crippen LogP contribution in [0.15, 0.2) is 97.2 Å². The molecule has 0 aliphatic carbocycles. The van der Waals surface area contributed by atoms with Gasteiger partial charge in [0, 0.05) is 6.42 Å². The zero-order chi connectivity index (χ0) is 59.1. The number of quaternary nitrogens is 1. The quantitative estimate of drug-likeness (QED) is 0.0272. The molecule has 81 heavy (non-hydrogen) atoms. The molecule has 0 fully saturated rings. The summed E-state index contributed by atoms with van der Waals surface area (Å²) in [5.41, 5.74) is 0. The Bertz CT molecular complexity index is 1640. The first kappa shape index (κ1) is 78.4. The van der Waals surface area contributed by atoms with Gasteiger partial charge in [0.15, 0.2) is 0 Å². The maximum absolute atomic E-state index is 13.0. The monoisotopic (exact) mass is 1150 g/mol. The number of unbranched alkanes of at least 4 members (excludes halogenated alkanes) is 35. The Balaban J connectivity index is 4.16. The number of allylic oxidation sites excluding steroid dienone is 15. The van der Waals surface area contributed by atoms with Gasteiger partial charge >= 0.3 is 0 Å². The Labute approximate surface area is 502 Å². The normalized spacial score (nSPS) is 14.3. The van der Waals surface area contributed by atoms with Crippen LogP contribution in [0.1, 0.15) is 303 Å². The second kappa shape index (κ2) is 62.0. The summed E-state index contributed by atoms with van der Waals surface area (Å²) in [6.07, 6.45) is 89.5. The van der Waals surface area contributed by atoms with E-state index in [1.807, 2.05) is 27.2 Å². The largest absolute Gasteiger partial charge is 0.756 e. The number of carbonyl (C=O) groups excluding carboxylic acids is 1. The van der Waals surface area contributed by atoms with Crippen molar-refractivity contribution in [3.05, 3.63) is 97.2 Å². The van der Waals surface area contributed by atoms with Gasteiger partial charge in [-0.3, -0.25) is 9.36 Å². The Hall–Kier alpha value is -2.58. The smallest absolute Gasteiger partial charge is 0.268 e. The maximum atomic E-state index is 13.0. The van der Waals surface area contributed by atoms with Crippen molar-refractivity contribution in [3.63, 3.8) is 0 Å². The minimum atomic E-state index is -4.62. The number of nitrogens with one attached hydrogen (secondary N) is 1. The van der Waals surface area contributed by atoms with E-state index in [-0.39, 0.29) is 12.5 Å². The molecular formula is C72H131N2O6P. The fourth-order valence-electron chi connectivity index (χ4n) is 9.76. The van der Waals surface area contributed by atoms with Crippen LogP contribution in [0, 0.1) is 0 Å². The number of hydrogen-bond acceptors (Lipinski definition) is 6.